The SMILES string of the molecule is CN(C)CCNc1ccc(-c2nc3nccc(C(=O)NC(C)(C)CO)c3[nH]2)cc1. The van der Waals surface area contributed by atoms with Crippen LogP contribution in [0.15, 0.2) is 36.5 Å². The number of aliphatic hydroxyl groups is 1. The van der Waals surface area contributed by atoms with E-state index in [4.69, 9.17) is 0 Å². The molecule has 2 aromatic heterocycles. The van der Waals surface area contributed by atoms with Crippen LogP contribution in [-0.2, 0) is 0 Å². The van der Waals surface area contributed by atoms with Crippen LogP contribution in [0.25, 0.3) is 22.6 Å². The number of benzene rings is 1. The molecular weight excluding hydrogens is 368 g/mol. The van der Waals surface area contributed by atoms with Crippen molar-refractivity contribution in [3.8, 4) is 11.4 Å². The number of imidazole rings is 1. The van der Waals surface area contributed by atoms with Gasteiger partial charge in [0.15, 0.2) is 5.65 Å². The number of nitrogens with zero attached hydrogens (tertiary/aromatic N) is 3. The second-order valence-electron chi connectivity index (χ2n) is 7.95. The first-order chi connectivity index (χ1) is 13.8. The van der Waals surface area contributed by atoms with Crippen molar-refractivity contribution >= 4 is 22.8 Å². The summed E-state index contributed by atoms with van der Waals surface area (Å²) < 4.78 is 0. The Kier molecular flexibility index (Phi) is 6.14. The van der Waals surface area contributed by atoms with Crippen LogP contribution >= 0.6 is 0 Å². The van der Waals surface area contributed by atoms with Crippen LogP contribution in [0.2, 0.25) is 0 Å². The zero-order chi connectivity index (χ0) is 21.0. The molecule has 0 unspecified atom stereocenters. The van der Waals surface area contributed by atoms with Crippen LogP contribution in [-0.4, -0.2) is 70.2 Å². The third kappa shape index (κ3) is 5.10. The Morgan fingerprint density at radius 1 is 1.21 bits per heavy atom. The number of nitrogens with one attached hydrogen (secondary N) is 3. The minimum atomic E-state index is -0.717. The Balaban J connectivity index is 1.82. The summed E-state index contributed by atoms with van der Waals surface area (Å²) in [5.74, 6) is 0.362. The van der Waals surface area contributed by atoms with E-state index in [2.05, 4.69) is 30.5 Å². The quantitative estimate of drug-likeness (QED) is 0.465. The Labute approximate surface area is 170 Å². The van der Waals surface area contributed by atoms with E-state index in [0.717, 1.165) is 24.3 Å². The maximum Gasteiger partial charge on any atom is 0.254 e. The molecule has 0 saturated carbocycles. The monoisotopic (exact) mass is 396 g/mol. The van der Waals surface area contributed by atoms with E-state index >= 15 is 0 Å². The number of hydrogen-bond donors (Lipinski definition) is 4. The van der Waals surface area contributed by atoms with Crippen LogP contribution in [0.4, 0.5) is 5.69 Å². The number of likely N-dealkylation sites (N-methyl/N-ethyl adjacent to an activating group) is 1. The number of fused-ring (bicyclic) bond motifs is 1. The second kappa shape index (κ2) is 8.59. The lowest BCUT2D eigenvalue weighted by atomic mass is 10.1. The van der Waals surface area contributed by atoms with Gasteiger partial charge in [-0.1, -0.05) is 0 Å². The average Bonchev–Trinajstić information content (AvgIpc) is 3.12. The number of hydrogen-bond acceptors (Lipinski definition) is 6. The molecule has 0 atom stereocenters. The fourth-order valence-electron chi connectivity index (χ4n) is 2.82. The van der Waals surface area contributed by atoms with Crippen LogP contribution in [0.3, 0.4) is 0 Å². The van der Waals surface area contributed by atoms with Crippen LogP contribution in [0.5, 0.6) is 0 Å². The first-order valence-electron chi connectivity index (χ1n) is 9.56. The van der Waals surface area contributed by atoms with Gasteiger partial charge in [-0.3, -0.25) is 4.79 Å². The Hall–Kier alpha value is -2.97. The Bertz CT molecular complexity index is 979. The highest BCUT2D eigenvalue weighted by Crippen LogP contribution is 2.23. The molecule has 0 spiro atoms. The summed E-state index contributed by atoms with van der Waals surface area (Å²) in [6.07, 6.45) is 1.56. The minimum absolute atomic E-state index is 0.157. The standard InChI is InChI=1S/C21H28N6O2/c1-21(2,13-28)26-20(29)16-9-10-23-19-17(16)24-18(25-19)14-5-7-15(8-6-14)22-11-12-27(3)4/h5-10,22,28H,11-13H2,1-4H3,(H,26,29)(H,23,24,25). The normalized spacial score (nSPS) is 11.8. The molecule has 2 heterocycles. The van der Waals surface area contributed by atoms with Gasteiger partial charge < -0.3 is 25.6 Å². The van der Waals surface area contributed by atoms with Gasteiger partial charge in [0, 0.05) is 30.5 Å². The van der Waals surface area contributed by atoms with E-state index in [9.17, 15) is 9.90 Å². The molecular formula is C21H28N6O2. The molecule has 3 rings (SSSR count). The summed E-state index contributed by atoms with van der Waals surface area (Å²) >= 11 is 0. The van der Waals surface area contributed by atoms with Gasteiger partial charge in [0.2, 0.25) is 0 Å². The van der Waals surface area contributed by atoms with Gasteiger partial charge in [0.05, 0.1) is 23.2 Å². The third-order valence-electron chi connectivity index (χ3n) is 4.53. The largest absolute Gasteiger partial charge is 0.394 e. The molecule has 4 N–H and O–H groups in total. The summed E-state index contributed by atoms with van der Waals surface area (Å²) in [5.41, 5.74) is 2.71. The molecule has 1 amide bonds. The van der Waals surface area contributed by atoms with E-state index in [-0.39, 0.29) is 12.5 Å². The highest BCUT2D eigenvalue weighted by molar-refractivity contribution is 6.04. The zero-order valence-electron chi connectivity index (χ0n) is 17.3. The maximum absolute atomic E-state index is 12.7. The number of amides is 1. The third-order valence-corrected chi connectivity index (χ3v) is 4.53. The summed E-state index contributed by atoms with van der Waals surface area (Å²) in [4.78, 5) is 26.8. The molecule has 0 fully saturated rings. The lowest BCUT2D eigenvalue weighted by Crippen LogP contribution is -2.46. The highest BCUT2D eigenvalue weighted by atomic mass is 16.3. The van der Waals surface area contributed by atoms with E-state index in [1.807, 2.05) is 38.4 Å². The first-order valence-corrected chi connectivity index (χ1v) is 9.56. The summed E-state index contributed by atoms with van der Waals surface area (Å²) in [5, 5.41) is 15.6. The highest BCUT2D eigenvalue weighted by Gasteiger charge is 2.22. The van der Waals surface area contributed by atoms with Gasteiger partial charge in [-0.2, -0.15) is 0 Å². The lowest BCUT2D eigenvalue weighted by Gasteiger charge is -2.23. The molecule has 0 saturated heterocycles. The molecule has 0 radical (unpaired) electrons. The number of carbonyl (C=O) groups excluding carboxylic acids is 1. The fourth-order valence-corrected chi connectivity index (χ4v) is 2.82. The van der Waals surface area contributed by atoms with Gasteiger partial charge in [-0.05, 0) is 58.3 Å². The van der Waals surface area contributed by atoms with E-state index < -0.39 is 5.54 Å². The number of rotatable bonds is 8. The Morgan fingerprint density at radius 3 is 2.59 bits per heavy atom. The summed E-state index contributed by atoms with van der Waals surface area (Å²) in [7, 11) is 4.08. The minimum Gasteiger partial charge on any atom is -0.394 e. The van der Waals surface area contributed by atoms with E-state index in [0.29, 0.717) is 22.6 Å². The number of H-pyrrole nitrogens is 1. The van der Waals surface area contributed by atoms with Gasteiger partial charge in [0.25, 0.3) is 5.91 Å². The molecule has 8 nitrogen and oxygen atoms in total. The molecule has 8 heteroatoms. The molecule has 0 aliphatic carbocycles. The van der Waals surface area contributed by atoms with Crippen molar-refractivity contribution in [2.45, 2.75) is 19.4 Å². The van der Waals surface area contributed by atoms with Gasteiger partial charge in [-0.25, -0.2) is 9.97 Å². The van der Waals surface area contributed by atoms with Gasteiger partial charge >= 0.3 is 0 Å². The van der Waals surface area contributed by atoms with Crippen LogP contribution in [0, 0.1) is 0 Å². The molecule has 1 aromatic carbocycles. The van der Waals surface area contributed by atoms with Gasteiger partial charge in [0.1, 0.15) is 5.82 Å². The fraction of sp³-hybridized carbons (Fsp3) is 0.381. The number of aromatic amines is 1. The van der Waals surface area contributed by atoms with Crippen molar-refractivity contribution in [3.05, 3.63) is 42.1 Å². The first kappa shape index (κ1) is 20.8. The topological polar surface area (TPSA) is 106 Å². The molecule has 3 aromatic rings. The number of carbonyl (C=O) groups is 1. The predicted molar refractivity (Wildman–Crippen MR) is 115 cm³/mol. The Morgan fingerprint density at radius 2 is 1.93 bits per heavy atom. The lowest BCUT2D eigenvalue weighted by molar-refractivity contribution is 0.0871. The summed E-state index contributed by atoms with van der Waals surface area (Å²) in [6.45, 7) is 5.18. The molecule has 0 bridgehead atoms. The molecule has 0 aliphatic heterocycles. The summed E-state index contributed by atoms with van der Waals surface area (Å²) in [6, 6.07) is 9.60. The van der Waals surface area contributed by atoms with Crippen molar-refractivity contribution < 1.29 is 9.90 Å². The number of aromatic nitrogens is 3. The number of aliphatic hydroxyl groups excluding tert-OH is 1. The zero-order valence-corrected chi connectivity index (χ0v) is 17.3. The average molecular weight is 396 g/mol. The number of anilines is 1. The van der Waals surface area contributed by atoms with E-state index in [1.54, 1.807) is 26.1 Å². The van der Waals surface area contributed by atoms with Crippen molar-refractivity contribution in [1.29, 1.82) is 0 Å². The van der Waals surface area contributed by atoms with Crippen molar-refractivity contribution in [1.82, 2.24) is 25.2 Å². The molecule has 0 aliphatic rings. The maximum atomic E-state index is 12.7. The number of pyridine rings is 1. The van der Waals surface area contributed by atoms with Crippen molar-refractivity contribution in [2.24, 2.45) is 0 Å². The van der Waals surface area contributed by atoms with Crippen LogP contribution < -0.4 is 10.6 Å². The smallest absolute Gasteiger partial charge is 0.254 e. The van der Waals surface area contributed by atoms with Crippen molar-refractivity contribution in [3.63, 3.8) is 0 Å². The van der Waals surface area contributed by atoms with Crippen LogP contribution in [0.1, 0.15) is 24.2 Å². The molecule has 29 heavy (non-hydrogen) atoms. The molecule has 154 valence electrons. The second-order valence-corrected chi connectivity index (χ2v) is 7.95. The van der Waals surface area contributed by atoms with Crippen molar-refractivity contribution in [2.75, 3.05) is 39.1 Å². The predicted octanol–water partition coefficient (Wildman–Crippen LogP) is 2.10. The van der Waals surface area contributed by atoms with Gasteiger partial charge in [-0.15, -0.1) is 0 Å². The van der Waals surface area contributed by atoms with E-state index in [1.165, 1.54) is 0 Å².